The number of ether oxygens (including phenoxy) is 1. The van der Waals surface area contributed by atoms with Crippen LogP contribution in [-0.4, -0.2) is 24.8 Å². The van der Waals surface area contributed by atoms with Gasteiger partial charge in [-0.3, -0.25) is 0 Å². The number of aliphatic hydroxyl groups is 1. The van der Waals surface area contributed by atoms with E-state index in [1.165, 1.54) is 13.2 Å². The Hall–Kier alpha value is -1.99. The van der Waals surface area contributed by atoms with E-state index in [0.29, 0.717) is 23.2 Å². The Bertz CT molecular complexity index is 443. The molecule has 0 radical (unpaired) electrons. The van der Waals surface area contributed by atoms with Crippen molar-refractivity contribution in [2.75, 3.05) is 19.5 Å². The van der Waals surface area contributed by atoms with E-state index < -0.39 is 5.97 Å². The van der Waals surface area contributed by atoms with Gasteiger partial charge in [0.05, 0.1) is 19.3 Å². The Kier molecular flexibility index (Phi) is 4.37. The van der Waals surface area contributed by atoms with Crippen LogP contribution in [0.15, 0.2) is 18.2 Å². The molecule has 0 bridgehead atoms. The van der Waals surface area contributed by atoms with Gasteiger partial charge in [0.15, 0.2) is 0 Å². The number of hydrogen-bond acceptors (Lipinski definition) is 4. The van der Waals surface area contributed by atoms with Crippen molar-refractivity contribution in [1.82, 2.24) is 0 Å². The third-order valence-electron chi connectivity index (χ3n) is 1.91. The summed E-state index contributed by atoms with van der Waals surface area (Å²) in [5.41, 5.74) is 6.95. The second-order valence-electron chi connectivity index (χ2n) is 3.07. The maximum absolute atomic E-state index is 11.4. The Balaban J connectivity index is 3.09. The van der Waals surface area contributed by atoms with Crippen molar-refractivity contribution >= 4 is 11.7 Å². The Morgan fingerprint density at radius 1 is 1.56 bits per heavy atom. The SMILES string of the molecule is COC(=O)c1cc(N)ccc1C#CCCO. The molecule has 0 aliphatic carbocycles. The number of aliphatic hydroxyl groups excluding tert-OH is 1. The molecule has 0 aliphatic heterocycles. The van der Waals surface area contributed by atoms with Crippen LogP contribution in [0.25, 0.3) is 0 Å². The fraction of sp³-hybridized carbons (Fsp3) is 0.250. The summed E-state index contributed by atoms with van der Waals surface area (Å²) in [6.07, 6.45) is 0.366. The fourth-order valence-electron chi connectivity index (χ4n) is 1.16. The molecule has 16 heavy (non-hydrogen) atoms. The highest BCUT2D eigenvalue weighted by Crippen LogP contribution is 2.13. The van der Waals surface area contributed by atoms with Crippen LogP contribution in [0.4, 0.5) is 5.69 Å². The minimum atomic E-state index is -0.472. The third kappa shape index (κ3) is 3.01. The van der Waals surface area contributed by atoms with Crippen molar-refractivity contribution in [3.8, 4) is 11.8 Å². The van der Waals surface area contributed by atoms with Crippen LogP contribution in [-0.2, 0) is 4.74 Å². The fourth-order valence-corrected chi connectivity index (χ4v) is 1.16. The second kappa shape index (κ2) is 5.79. The molecule has 0 atom stereocenters. The molecule has 4 nitrogen and oxygen atoms in total. The van der Waals surface area contributed by atoms with Crippen molar-refractivity contribution in [1.29, 1.82) is 0 Å². The smallest absolute Gasteiger partial charge is 0.339 e. The zero-order valence-corrected chi connectivity index (χ0v) is 8.99. The maximum Gasteiger partial charge on any atom is 0.339 e. The van der Waals surface area contributed by atoms with Gasteiger partial charge < -0.3 is 15.6 Å². The van der Waals surface area contributed by atoms with Gasteiger partial charge in [-0.1, -0.05) is 11.8 Å². The van der Waals surface area contributed by atoms with Gasteiger partial charge in [-0.15, -0.1) is 0 Å². The second-order valence-corrected chi connectivity index (χ2v) is 3.07. The standard InChI is InChI=1S/C12H13NO3/c1-16-12(15)11-8-10(13)6-5-9(11)4-2-3-7-14/h5-6,8,14H,3,7,13H2,1H3. The van der Waals surface area contributed by atoms with Gasteiger partial charge in [-0.25, -0.2) is 4.79 Å². The molecule has 0 saturated carbocycles. The molecule has 84 valence electrons. The molecule has 0 saturated heterocycles. The summed E-state index contributed by atoms with van der Waals surface area (Å²) in [5.74, 6) is 5.06. The minimum absolute atomic E-state index is 0.00443. The number of benzene rings is 1. The minimum Gasteiger partial charge on any atom is -0.465 e. The highest BCUT2D eigenvalue weighted by atomic mass is 16.5. The summed E-state index contributed by atoms with van der Waals surface area (Å²) in [6, 6.07) is 4.84. The van der Waals surface area contributed by atoms with E-state index in [0.717, 1.165) is 0 Å². The lowest BCUT2D eigenvalue weighted by Crippen LogP contribution is -2.05. The lowest BCUT2D eigenvalue weighted by Gasteiger charge is -2.03. The average molecular weight is 219 g/mol. The molecule has 0 unspecified atom stereocenters. The number of anilines is 1. The predicted molar refractivity (Wildman–Crippen MR) is 60.8 cm³/mol. The van der Waals surface area contributed by atoms with Gasteiger partial charge in [-0.05, 0) is 18.2 Å². The highest BCUT2D eigenvalue weighted by molar-refractivity contribution is 5.93. The summed E-state index contributed by atoms with van der Waals surface area (Å²) in [4.78, 5) is 11.4. The first-order valence-electron chi connectivity index (χ1n) is 4.76. The monoisotopic (exact) mass is 219 g/mol. The van der Waals surface area contributed by atoms with Gasteiger partial charge in [-0.2, -0.15) is 0 Å². The van der Waals surface area contributed by atoms with E-state index >= 15 is 0 Å². The molecule has 0 amide bonds. The zero-order valence-electron chi connectivity index (χ0n) is 8.99. The molecular formula is C12H13NO3. The van der Waals surface area contributed by atoms with E-state index in [1.807, 2.05) is 0 Å². The summed E-state index contributed by atoms with van der Waals surface area (Å²) in [5, 5.41) is 8.60. The van der Waals surface area contributed by atoms with Crippen LogP contribution in [0, 0.1) is 11.8 Å². The van der Waals surface area contributed by atoms with Crippen molar-refractivity contribution in [3.63, 3.8) is 0 Å². The first kappa shape index (κ1) is 12.1. The molecule has 1 aromatic rings. The lowest BCUT2D eigenvalue weighted by atomic mass is 10.1. The number of methoxy groups -OCH3 is 1. The first-order chi connectivity index (χ1) is 7.69. The van der Waals surface area contributed by atoms with Crippen LogP contribution in [0.1, 0.15) is 22.3 Å². The number of nitrogens with two attached hydrogens (primary N) is 1. The molecule has 1 rings (SSSR count). The molecule has 3 N–H and O–H groups in total. The van der Waals surface area contributed by atoms with Crippen molar-refractivity contribution in [3.05, 3.63) is 29.3 Å². The third-order valence-corrected chi connectivity index (χ3v) is 1.91. The van der Waals surface area contributed by atoms with Crippen molar-refractivity contribution in [2.24, 2.45) is 0 Å². The normalized spacial score (nSPS) is 9.12. The molecule has 1 aromatic carbocycles. The number of nitrogen functional groups attached to an aromatic ring is 1. The maximum atomic E-state index is 11.4. The van der Waals surface area contributed by atoms with Crippen LogP contribution in [0.5, 0.6) is 0 Å². The molecule has 0 spiro atoms. The Morgan fingerprint density at radius 2 is 2.31 bits per heavy atom. The van der Waals surface area contributed by atoms with Crippen LogP contribution in [0.3, 0.4) is 0 Å². The number of esters is 1. The van der Waals surface area contributed by atoms with E-state index in [1.54, 1.807) is 12.1 Å². The van der Waals surface area contributed by atoms with Crippen LogP contribution in [0.2, 0.25) is 0 Å². The first-order valence-corrected chi connectivity index (χ1v) is 4.76. The summed E-state index contributed by atoms with van der Waals surface area (Å²) >= 11 is 0. The Labute approximate surface area is 94.0 Å². The van der Waals surface area contributed by atoms with Crippen molar-refractivity contribution in [2.45, 2.75) is 6.42 Å². The summed E-state index contributed by atoms with van der Waals surface area (Å²) in [7, 11) is 1.30. The van der Waals surface area contributed by atoms with E-state index in [9.17, 15) is 4.79 Å². The Morgan fingerprint density at radius 3 is 2.94 bits per heavy atom. The average Bonchev–Trinajstić information content (AvgIpc) is 2.30. The molecule has 0 aromatic heterocycles. The quantitative estimate of drug-likeness (QED) is 0.438. The van der Waals surface area contributed by atoms with Gasteiger partial charge in [0, 0.05) is 17.7 Å². The topological polar surface area (TPSA) is 72.5 Å². The summed E-state index contributed by atoms with van der Waals surface area (Å²) in [6.45, 7) is -0.00443. The number of rotatable bonds is 2. The van der Waals surface area contributed by atoms with Gasteiger partial charge in [0.2, 0.25) is 0 Å². The molecule has 0 heterocycles. The van der Waals surface area contributed by atoms with Gasteiger partial charge in [0.1, 0.15) is 0 Å². The largest absolute Gasteiger partial charge is 0.465 e. The number of hydrogen-bond donors (Lipinski definition) is 2. The number of carbonyl (C=O) groups excluding carboxylic acids is 1. The van der Waals surface area contributed by atoms with Crippen LogP contribution >= 0.6 is 0 Å². The van der Waals surface area contributed by atoms with Gasteiger partial charge >= 0.3 is 5.97 Å². The van der Waals surface area contributed by atoms with E-state index in [4.69, 9.17) is 10.8 Å². The zero-order chi connectivity index (χ0) is 12.0. The van der Waals surface area contributed by atoms with Crippen LogP contribution < -0.4 is 5.73 Å². The summed E-state index contributed by atoms with van der Waals surface area (Å²) < 4.78 is 4.63. The molecular weight excluding hydrogens is 206 g/mol. The van der Waals surface area contributed by atoms with E-state index in [-0.39, 0.29) is 6.61 Å². The van der Waals surface area contributed by atoms with Gasteiger partial charge in [0.25, 0.3) is 0 Å². The molecule has 4 heteroatoms. The highest BCUT2D eigenvalue weighted by Gasteiger charge is 2.10. The molecule has 0 aliphatic rings. The number of carbonyl (C=O) groups is 1. The lowest BCUT2D eigenvalue weighted by molar-refractivity contribution is 0.0600. The molecule has 0 fully saturated rings. The predicted octanol–water partition coefficient (Wildman–Crippen LogP) is 0.789. The van der Waals surface area contributed by atoms with Crippen molar-refractivity contribution < 1.29 is 14.6 Å². The van der Waals surface area contributed by atoms with E-state index in [2.05, 4.69) is 16.6 Å².